The normalized spacial score (nSPS) is 11.4. The maximum atomic E-state index is 11.7. The summed E-state index contributed by atoms with van der Waals surface area (Å²) < 4.78 is 35.2. The van der Waals surface area contributed by atoms with E-state index in [9.17, 15) is 18.0 Å². The number of halogens is 3. The van der Waals surface area contributed by atoms with Crippen molar-refractivity contribution in [3.8, 4) is 0 Å². The number of rotatable bonds is 3. The van der Waals surface area contributed by atoms with E-state index in [4.69, 9.17) is 0 Å². The average Bonchev–Trinajstić information content (AvgIpc) is 2.06. The Morgan fingerprint density at radius 2 is 2.07 bits per heavy atom. The maximum Gasteiger partial charge on any atom is 0.390 e. The lowest BCUT2D eigenvalue weighted by Gasteiger charge is -2.07. The molecule has 14 heavy (non-hydrogen) atoms. The zero-order valence-corrected chi connectivity index (χ0v) is 7.19. The largest absolute Gasteiger partial charge is 0.390 e. The summed E-state index contributed by atoms with van der Waals surface area (Å²) in [7, 11) is 0. The van der Waals surface area contributed by atoms with E-state index in [0.717, 1.165) is 0 Å². The molecule has 0 unspecified atom stereocenters. The average molecular weight is 206 g/mol. The van der Waals surface area contributed by atoms with Gasteiger partial charge in [-0.1, -0.05) is 0 Å². The molecule has 0 saturated heterocycles. The number of hydrogen-bond acceptors (Lipinski definition) is 2. The van der Waals surface area contributed by atoms with E-state index in [1.165, 1.54) is 18.3 Å². The van der Waals surface area contributed by atoms with E-state index in [-0.39, 0.29) is 12.1 Å². The Bertz CT molecular complexity index is 325. The summed E-state index contributed by atoms with van der Waals surface area (Å²) in [6.07, 6.45) is -3.72. The number of pyridine rings is 1. The Hall–Kier alpha value is -1.46. The molecule has 3 nitrogen and oxygen atoms in total. The first-order chi connectivity index (χ1) is 6.47. The molecule has 0 atom stereocenters. The highest BCUT2D eigenvalue weighted by Crippen LogP contribution is 2.19. The van der Waals surface area contributed by atoms with Crippen molar-refractivity contribution in [1.82, 2.24) is 4.98 Å². The van der Waals surface area contributed by atoms with E-state index >= 15 is 0 Å². The second-order valence-electron chi connectivity index (χ2n) is 2.73. The van der Waals surface area contributed by atoms with Crippen LogP contribution < -0.4 is 10.9 Å². The molecule has 0 spiro atoms. The molecule has 0 amide bonds. The summed E-state index contributed by atoms with van der Waals surface area (Å²) in [6, 6.07) is 2.67. The highest BCUT2D eigenvalue weighted by Gasteiger charge is 2.25. The first-order valence-electron chi connectivity index (χ1n) is 3.97. The molecule has 0 fully saturated rings. The highest BCUT2D eigenvalue weighted by atomic mass is 19.4. The van der Waals surface area contributed by atoms with Crippen molar-refractivity contribution < 1.29 is 13.2 Å². The van der Waals surface area contributed by atoms with Crippen molar-refractivity contribution >= 4 is 5.69 Å². The van der Waals surface area contributed by atoms with Crippen molar-refractivity contribution in [1.29, 1.82) is 0 Å². The van der Waals surface area contributed by atoms with Crippen LogP contribution in [0.25, 0.3) is 0 Å². The number of aromatic nitrogens is 1. The fourth-order valence-electron chi connectivity index (χ4n) is 0.869. The first kappa shape index (κ1) is 10.6. The lowest BCUT2D eigenvalue weighted by atomic mass is 10.3. The SMILES string of the molecule is O=c1ccc(NCCC(F)(F)F)c[nH]1. The van der Waals surface area contributed by atoms with Crippen LogP contribution in [-0.4, -0.2) is 17.7 Å². The first-order valence-corrected chi connectivity index (χ1v) is 3.97. The molecule has 0 bridgehead atoms. The van der Waals surface area contributed by atoms with Crippen LogP contribution in [0.4, 0.5) is 18.9 Å². The fourth-order valence-corrected chi connectivity index (χ4v) is 0.869. The number of hydrogen-bond donors (Lipinski definition) is 2. The molecular weight excluding hydrogens is 197 g/mol. The van der Waals surface area contributed by atoms with Gasteiger partial charge in [0, 0.05) is 18.8 Å². The topological polar surface area (TPSA) is 44.9 Å². The van der Waals surface area contributed by atoms with E-state index in [0.29, 0.717) is 5.69 Å². The van der Waals surface area contributed by atoms with E-state index in [2.05, 4.69) is 10.3 Å². The zero-order chi connectivity index (χ0) is 10.6. The smallest absolute Gasteiger partial charge is 0.384 e. The molecule has 0 aliphatic carbocycles. The minimum atomic E-state index is -4.16. The lowest BCUT2D eigenvalue weighted by Crippen LogP contribution is -2.15. The molecular formula is C8H9F3N2O. The summed E-state index contributed by atoms with van der Waals surface area (Å²) in [5, 5.41) is 2.54. The van der Waals surface area contributed by atoms with Gasteiger partial charge < -0.3 is 10.3 Å². The quantitative estimate of drug-likeness (QED) is 0.791. The van der Waals surface area contributed by atoms with Gasteiger partial charge in [0.15, 0.2) is 0 Å². The van der Waals surface area contributed by atoms with E-state index in [1.54, 1.807) is 0 Å². The number of alkyl halides is 3. The van der Waals surface area contributed by atoms with Gasteiger partial charge in [-0.25, -0.2) is 0 Å². The molecule has 0 aromatic carbocycles. The van der Waals surface area contributed by atoms with Gasteiger partial charge >= 0.3 is 6.18 Å². The Morgan fingerprint density at radius 3 is 2.57 bits per heavy atom. The second kappa shape index (κ2) is 4.17. The predicted molar refractivity (Wildman–Crippen MR) is 46.2 cm³/mol. The summed E-state index contributed by atoms with van der Waals surface area (Å²) in [6.45, 7) is -0.199. The second-order valence-corrected chi connectivity index (χ2v) is 2.73. The minimum Gasteiger partial charge on any atom is -0.384 e. The molecule has 2 N–H and O–H groups in total. The summed E-state index contributed by atoms with van der Waals surface area (Å²) in [5.74, 6) is 0. The van der Waals surface area contributed by atoms with Crippen molar-refractivity contribution in [2.45, 2.75) is 12.6 Å². The number of aromatic amines is 1. The van der Waals surface area contributed by atoms with Crippen molar-refractivity contribution in [3.63, 3.8) is 0 Å². The third kappa shape index (κ3) is 3.97. The Labute approximate surface area is 78.0 Å². The molecule has 1 aromatic rings. The zero-order valence-electron chi connectivity index (χ0n) is 7.19. The molecule has 1 heterocycles. The van der Waals surface area contributed by atoms with Crippen LogP contribution in [0.2, 0.25) is 0 Å². The van der Waals surface area contributed by atoms with Crippen LogP contribution >= 0.6 is 0 Å². The van der Waals surface area contributed by atoms with Gasteiger partial charge in [0.25, 0.3) is 0 Å². The third-order valence-electron chi connectivity index (χ3n) is 1.52. The summed E-state index contributed by atoms with van der Waals surface area (Å²) >= 11 is 0. The molecule has 0 saturated carbocycles. The fraction of sp³-hybridized carbons (Fsp3) is 0.375. The molecule has 0 aliphatic rings. The van der Waals surface area contributed by atoms with Gasteiger partial charge in [-0.15, -0.1) is 0 Å². The van der Waals surface area contributed by atoms with Gasteiger partial charge in [-0.05, 0) is 6.07 Å². The van der Waals surface area contributed by atoms with Gasteiger partial charge in [0.1, 0.15) is 0 Å². The van der Waals surface area contributed by atoms with Crippen LogP contribution in [0, 0.1) is 0 Å². The van der Waals surface area contributed by atoms with Crippen LogP contribution in [0.5, 0.6) is 0 Å². The van der Waals surface area contributed by atoms with Gasteiger partial charge in [-0.2, -0.15) is 13.2 Å². The standard InChI is InChI=1S/C8H9F3N2O/c9-8(10,11)3-4-12-6-1-2-7(14)13-5-6/h1-2,5,12H,3-4H2,(H,13,14). The van der Waals surface area contributed by atoms with Crippen molar-refractivity contribution in [3.05, 3.63) is 28.7 Å². The van der Waals surface area contributed by atoms with Crippen LogP contribution in [0.3, 0.4) is 0 Å². The molecule has 1 aromatic heterocycles. The van der Waals surface area contributed by atoms with E-state index in [1.807, 2.05) is 0 Å². The summed E-state index contributed by atoms with van der Waals surface area (Å²) in [5.41, 5.74) is 0.181. The number of H-pyrrole nitrogens is 1. The van der Waals surface area contributed by atoms with Crippen molar-refractivity contribution in [2.75, 3.05) is 11.9 Å². The number of nitrogens with one attached hydrogen (secondary N) is 2. The Morgan fingerprint density at radius 1 is 1.36 bits per heavy atom. The van der Waals surface area contributed by atoms with Crippen LogP contribution in [-0.2, 0) is 0 Å². The van der Waals surface area contributed by atoms with Crippen LogP contribution in [0.1, 0.15) is 6.42 Å². The molecule has 0 radical (unpaired) electrons. The molecule has 0 aliphatic heterocycles. The Balaban J connectivity index is 2.39. The lowest BCUT2D eigenvalue weighted by molar-refractivity contribution is -0.131. The van der Waals surface area contributed by atoms with E-state index < -0.39 is 12.6 Å². The monoisotopic (exact) mass is 206 g/mol. The predicted octanol–water partition coefficient (Wildman–Crippen LogP) is 1.74. The molecule has 6 heteroatoms. The molecule has 1 rings (SSSR count). The Kier molecular flexibility index (Phi) is 3.16. The maximum absolute atomic E-state index is 11.7. The minimum absolute atomic E-state index is 0.199. The molecule has 78 valence electrons. The van der Waals surface area contributed by atoms with Gasteiger partial charge in [-0.3, -0.25) is 4.79 Å². The summed E-state index contributed by atoms with van der Waals surface area (Å²) in [4.78, 5) is 12.9. The van der Waals surface area contributed by atoms with Crippen molar-refractivity contribution in [2.24, 2.45) is 0 Å². The third-order valence-corrected chi connectivity index (χ3v) is 1.52. The van der Waals surface area contributed by atoms with Gasteiger partial charge in [0.05, 0.1) is 12.1 Å². The highest BCUT2D eigenvalue weighted by molar-refractivity contribution is 5.39. The van der Waals surface area contributed by atoms with Gasteiger partial charge in [0.2, 0.25) is 5.56 Å². The van der Waals surface area contributed by atoms with Crippen LogP contribution in [0.15, 0.2) is 23.1 Å². The number of anilines is 1.